The molecule has 0 N–H and O–H groups in total. The molecule has 0 saturated heterocycles. The maximum absolute atomic E-state index is 12.7. The molecule has 0 aliphatic heterocycles. The SMILES string of the molecule is O=c1cc(C(F)(F)F)c(Cl)cn1-c1nc(Cl)c(C(F)(F)F)cc1Cl. The Bertz CT molecular complexity index is 860. The van der Waals surface area contributed by atoms with Crippen LogP contribution in [0.25, 0.3) is 5.82 Å². The molecule has 0 aliphatic rings. The lowest BCUT2D eigenvalue weighted by molar-refractivity contribution is -0.138. The van der Waals surface area contributed by atoms with Crippen LogP contribution in [0.2, 0.25) is 15.2 Å². The van der Waals surface area contributed by atoms with E-state index in [9.17, 15) is 31.1 Å². The van der Waals surface area contributed by atoms with Crippen LogP contribution >= 0.6 is 34.8 Å². The Labute approximate surface area is 144 Å². The lowest BCUT2D eigenvalue weighted by Gasteiger charge is -2.14. The second-order valence-corrected chi connectivity index (χ2v) is 5.54. The zero-order valence-corrected chi connectivity index (χ0v) is 13.2. The highest BCUT2D eigenvalue weighted by molar-refractivity contribution is 6.34. The monoisotopic (exact) mass is 410 g/mol. The number of aromatic nitrogens is 2. The summed E-state index contributed by atoms with van der Waals surface area (Å²) in [6, 6.07) is 0.580. The van der Waals surface area contributed by atoms with Crippen LogP contribution in [0.1, 0.15) is 11.1 Å². The Balaban J connectivity index is 2.68. The zero-order valence-electron chi connectivity index (χ0n) is 10.9. The van der Waals surface area contributed by atoms with E-state index in [1.54, 1.807) is 0 Å². The third kappa shape index (κ3) is 3.62. The van der Waals surface area contributed by atoms with Crippen LogP contribution in [0.5, 0.6) is 0 Å². The van der Waals surface area contributed by atoms with Crippen molar-refractivity contribution in [1.82, 2.24) is 9.55 Å². The van der Waals surface area contributed by atoms with Crippen molar-refractivity contribution in [3.63, 3.8) is 0 Å². The minimum atomic E-state index is -4.88. The van der Waals surface area contributed by atoms with Crippen molar-refractivity contribution < 1.29 is 26.3 Å². The number of alkyl halides is 6. The van der Waals surface area contributed by atoms with Gasteiger partial charge in [0.1, 0.15) is 5.15 Å². The maximum Gasteiger partial charge on any atom is 0.419 e. The first-order valence-corrected chi connectivity index (χ1v) is 6.88. The summed E-state index contributed by atoms with van der Waals surface area (Å²) in [6.45, 7) is 0. The van der Waals surface area contributed by atoms with E-state index in [0.717, 1.165) is 0 Å². The van der Waals surface area contributed by atoms with Crippen LogP contribution in [0.3, 0.4) is 0 Å². The summed E-state index contributed by atoms with van der Waals surface area (Å²) >= 11 is 16.5. The van der Waals surface area contributed by atoms with Gasteiger partial charge in [-0.3, -0.25) is 9.36 Å². The topological polar surface area (TPSA) is 34.9 Å². The standard InChI is InChI=1S/C12H3Cl3F6N2O/c13-6-1-5(12(19,20)21)9(15)22-10(6)23-3-7(14)4(2-8(23)24)11(16,17)18/h1-3H. The third-order valence-electron chi connectivity index (χ3n) is 2.75. The molecule has 0 fully saturated rings. The van der Waals surface area contributed by atoms with Gasteiger partial charge in [0, 0.05) is 12.3 Å². The minimum absolute atomic E-state index is 0.173. The lowest BCUT2D eigenvalue weighted by Crippen LogP contribution is -2.22. The summed E-state index contributed by atoms with van der Waals surface area (Å²) in [7, 11) is 0. The Kier molecular flexibility index (Phi) is 4.82. The zero-order chi connectivity index (χ0) is 18.4. The minimum Gasteiger partial charge on any atom is -0.269 e. The molecule has 24 heavy (non-hydrogen) atoms. The molecule has 0 aromatic carbocycles. The van der Waals surface area contributed by atoms with E-state index in [1.807, 2.05) is 0 Å². The first kappa shape index (κ1) is 18.9. The molecular formula is C12H3Cl3F6N2O. The van der Waals surface area contributed by atoms with E-state index in [0.29, 0.717) is 16.8 Å². The van der Waals surface area contributed by atoms with Crippen molar-refractivity contribution >= 4 is 34.8 Å². The predicted octanol–water partition coefficient (Wildman–Crippen LogP) is 5.23. The summed E-state index contributed by atoms with van der Waals surface area (Å²) in [5.41, 5.74) is -4.01. The second-order valence-electron chi connectivity index (χ2n) is 4.37. The summed E-state index contributed by atoms with van der Waals surface area (Å²) in [5, 5.41) is -2.54. The molecule has 0 aliphatic carbocycles. The summed E-state index contributed by atoms with van der Waals surface area (Å²) in [6.07, 6.45) is -9.19. The Morgan fingerprint density at radius 1 is 0.875 bits per heavy atom. The first-order valence-electron chi connectivity index (χ1n) is 5.75. The van der Waals surface area contributed by atoms with Crippen LogP contribution in [-0.2, 0) is 12.4 Å². The van der Waals surface area contributed by atoms with Crippen molar-refractivity contribution in [2.45, 2.75) is 12.4 Å². The molecule has 2 rings (SSSR count). The largest absolute Gasteiger partial charge is 0.419 e. The highest BCUT2D eigenvalue weighted by Gasteiger charge is 2.36. The van der Waals surface area contributed by atoms with Gasteiger partial charge in [0.15, 0.2) is 5.82 Å². The number of pyridine rings is 2. The maximum atomic E-state index is 12.7. The second kappa shape index (κ2) is 6.12. The molecule has 0 spiro atoms. The molecule has 2 heterocycles. The number of hydrogen-bond acceptors (Lipinski definition) is 2. The van der Waals surface area contributed by atoms with Crippen LogP contribution in [0.15, 0.2) is 23.1 Å². The smallest absolute Gasteiger partial charge is 0.269 e. The number of hydrogen-bond donors (Lipinski definition) is 0. The normalized spacial score (nSPS) is 12.5. The summed E-state index contributed by atoms with van der Waals surface area (Å²) < 4.78 is 76.6. The summed E-state index contributed by atoms with van der Waals surface area (Å²) in [5.74, 6) is -0.588. The van der Waals surface area contributed by atoms with Gasteiger partial charge in [-0.1, -0.05) is 34.8 Å². The highest BCUT2D eigenvalue weighted by atomic mass is 35.5. The molecule has 3 nitrogen and oxygen atoms in total. The average Bonchev–Trinajstić information content (AvgIpc) is 2.41. The van der Waals surface area contributed by atoms with Gasteiger partial charge in [-0.25, -0.2) is 4.98 Å². The molecule has 0 unspecified atom stereocenters. The van der Waals surface area contributed by atoms with Gasteiger partial charge in [-0.15, -0.1) is 0 Å². The van der Waals surface area contributed by atoms with E-state index in [2.05, 4.69) is 4.98 Å². The number of nitrogens with zero attached hydrogens (tertiary/aromatic N) is 2. The van der Waals surface area contributed by atoms with Crippen molar-refractivity contribution in [3.05, 3.63) is 55.0 Å². The fourth-order valence-corrected chi connectivity index (χ4v) is 2.46. The average molecular weight is 412 g/mol. The van der Waals surface area contributed by atoms with E-state index in [1.165, 1.54) is 0 Å². The molecular weight excluding hydrogens is 408 g/mol. The van der Waals surface area contributed by atoms with Gasteiger partial charge in [-0.05, 0) is 6.07 Å². The van der Waals surface area contributed by atoms with Gasteiger partial charge in [0.25, 0.3) is 5.56 Å². The predicted molar refractivity (Wildman–Crippen MR) is 74.9 cm³/mol. The number of rotatable bonds is 1. The molecule has 0 radical (unpaired) electrons. The lowest BCUT2D eigenvalue weighted by atomic mass is 10.2. The Hall–Kier alpha value is -1.45. The van der Waals surface area contributed by atoms with E-state index >= 15 is 0 Å². The van der Waals surface area contributed by atoms with Gasteiger partial charge in [0.2, 0.25) is 0 Å². The van der Waals surface area contributed by atoms with Crippen molar-refractivity contribution in [2.24, 2.45) is 0 Å². The van der Waals surface area contributed by atoms with Gasteiger partial charge >= 0.3 is 12.4 Å². The fraction of sp³-hybridized carbons (Fsp3) is 0.167. The molecule has 130 valence electrons. The van der Waals surface area contributed by atoms with E-state index < -0.39 is 50.1 Å². The highest BCUT2D eigenvalue weighted by Crippen LogP contribution is 2.37. The van der Waals surface area contributed by atoms with Gasteiger partial charge < -0.3 is 0 Å². The Morgan fingerprint density at radius 3 is 1.92 bits per heavy atom. The molecule has 0 saturated carbocycles. The van der Waals surface area contributed by atoms with Crippen molar-refractivity contribution in [2.75, 3.05) is 0 Å². The van der Waals surface area contributed by atoms with Crippen LogP contribution in [-0.4, -0.2) is 9.55 Å². The summed E-state index contributed by atoms with van der Waals surface area (Å²) in [4.78, 5) is 15.2. The van der Waals surface area contributed by atoms with Crippen LogP contribution < -0.4 is 5.56 Å². The van der Waals surface area contributed by atoms with Gasteiger partial charge in [-0.2, -0.15) is 26.3 Å². The molecule has 0 atom stereocenters. The van der Waals surface area contributed by atoms with E-state index in [-0.39, 0.29) is 6.07 Å². The first-order chi connectivity index (χ1) is 10.8. The van der Waals surface area contributed by atoms with E-state index in [4.69, 9.17) is 34.8 Å². The number of halogens is 9. The molecule has 0 amide bonds. The van der Waals surface area contributed by atoms with Crippen molar-refractivity contribution in [3.8, 4) is 5.82 Å². The van der Waals surface area contributed by atoms with Crippen LogP contribution in [0.4, 0.5) is 26.3 Å². The fourth-order valence-electron chi connectivity index (χ4n) is 1.72. The van der Waals surface area contributed by atoms with Crippen LogP contribution in [0, 0.1) is 0 Å². The quantitative estimate of drug-likeness (QED) is 0.476. The van der Waals surface area contributed by atoms with Gasteiger partial charge in [0.05, 0.1) is 21.2 Å². The molecule has 0 bridgehead atoms. The molecule has 12 heteroatoms. The Morgan fingerprint density at radius 2 is 1.42 bits per heavy atom. The molecule has 2 aromatic heterocycles. The molecule has 2 aromatic rings. The third-order valence-corrected chi connectivity index (χ3v) is 3.62. The van der Waals surface area contributed by atoms with Crippen molar-refractivity contribution in [1.29, 1.82) is 0 Å².